The van der Waals surface area contributed by atoms with Crippen molar-refractivity contribution in [1.82, 2.24) is 14.7 Å². The summed E-state index contributed by atoms with van der Waals surface area (Å²) in [6.07, 6.45) is 0.669. The number of carbonyl (C=O) groups is 3. The van der Waals surface area contributed by atoms with Gasteiger partial charge in [0.05, 0.1) is 12.1 Å². The largest absolute Gasteiger partial charge is 0.331 e. The van der Waals surface area contributed by atoms with Gasteiger partial charge in [-0.25, -0.2) is 4.79 Å². The van der Waals surface area contributed by atoms with Crippen LogP contribution in [0.1, 0.15) is 13.3 Å². The average Bonchev–Trinajstić information content (AvgIpc) is 3.01. The minimum absolute atomic E-state index is 0.0498. The van der Waals surface area contributed by atoms with E-state index in [1.165, 1.54) is 6.92 Å². The van der Waals surface area contributed by atoms with Crippen LogP contribution in [0.15, 0.2) is 30.3 Å². The summed E-state index contributed by atoms with van der Waals surface area (Å²) < 4.78 is 0. The lowest BCUT2D eigenvalue weighted by atomic mass is 9.91. The van der Waals surface area contributed by atoms with Gasteiger partial charge >= 0.3 is 6.03 Å². The van der Waals surface area contributed by atoms with E-state index in [2.05, 4.69) is 0 Å². The number of carbonyl (C=O) groups excluding carboxylic acids is 3. The Morgan fingerprint density at radius 2 is 1.80 bits per heavy atom. The zero-order chi connectivity index (χ0) is 18.2. The molecule has 3 rings (SSSR count). The van der Waals surface area contributed by atoms with E-state index in [1.54, 1.807) is 33.7 Å². The number of urea groups is 1. The molecule has 2 fully saturated rings. The quantitative estimate of drug-likeness (QED) is 0.764. The number of likely N-dealkylation sites (tertiary alicyclic amines) is 1. The van der Waals surface area contributed by atoms with Gasteiger partial charge in [0.15, 0.2) is 0 Å². The van der Waals surface area contributed by atoms with E-state index in [0.29, 0.717) is 26.1 Å². The Kier molecular flexibility index (Phi) is 4.41. The van der Waals surface area contributed by atoms with Crippen molar-refractivity contribution in [1.29, 1.82) is 0 Å². The highest BCUT2D eigenvalue weighted by Gasteiger charge is 2.51. The van der Waals surface area contributed by atoms with Crippen LogP contribution in [0.5, 0.6) is 0 Å². The fourth-order valence-corrected chi connectivity index (χ4v) is 3.80. The Balaban J connectivity index is 1.90. The third-order valence-electron chi connectivity index (χ3n) is 5.05. The lowest BCUT2D eigenvalue weighted by Crippen LogP contribution is -2.67. The van der Waals surface area contributed by atoms with Crippen LogP contribution < -0.4 is 4.90 Å². The summed E-state index contributed by atoms with van der Waals surface area (Å²) in [5.74, 6) is -0.218. The maximum atomic E-state index is 12.6. The molecule has 7 nitrogen and oxygen atoms in total. The van der Waals surface area contributed by atoms with E-state index in [1.807, 2.05) is 30.3 Å². The Bertz CT molecular complexity index is 691. The molecule has 1 spiro atoms. The Morgan fingerprint density at radius 1 is 1.12 bits per heavy atom. The van der Waals surface area contributed by atoms with E-state index in [0.717, 1.165) is 5.69 Å². The van der Waals surface area contributed by atoms with Crippen molar-refractivity contribution in [3.05, 3.63) is 30.3 Å². The second-order valence-electron chi connectivity index (χ2n) is 6.99. The lowest BCUT2D eigenvalue weighted by molar-refractivity contribution is -0.142. The van der Waals surface area contributed by atoms with Crippen molar-refractivity contribution in [2.24, 2.45) is 0 Å². The van der Waals surface area contributed by atoms with Gasteiger partial charge in [0.25, 0.3) is 0 Å². The molecule has 1 aromatic rings. The number of amides is 4. The van der Waals surface area contributed by atoms with E-state index < -0.39 is 5.54 Å². The SMILES string of the molecule is CC(=O)N1CC(=O)N(c2ccccc2)C[C@@]12CCN(C(=O)N(C)C)C2. The maximum Gasteiger partial charge on any atom is 0.319 e. The molecule has 1 atom stereocenters. The number of rotatable bonds is 1. The highest BCUT2D eigenvalue weighted by Crippen LogP contribution is 2.34. The summed E-state index contributed by atoms with van der Waals surface area (Å²) in [7, 11) is 3.44. The highest BCUT2D eigenvalue weighted by molar-refractivity contribution is 5.98. The normalized spacial score (nSPS) is 23.3. The van der Waals surface area contributed by atoms with Crippen LogP contribution in [0.25, 0.3) is 0 Å². The first-order valence-corrected chi connectivity index (χ1v) is 8.44. The standard InChI is InChI=1S/C18H24N4O3/c1-14(23)22-11-16(24)21(15-7-5-4-6-8-15)13-18(22)9-10-20(12-18)17(25)19(2)3/h4-8H,9-13H2,1-3H3/t18-/m0/s1. The van der Waals surface area contributed by atoms with E-state index in [4.69, 9.17) is 0 Å². The van der Waals surface area contributed by atoms with E-state index in [-0.39, 0.29) is 24.4 Å². The van der Waals surface area contributed by atoms with Gasteiger partial charge in [-0.3, -0.25) is 9.59 Å². The zero-order valence-corrected chi connectivity index (χ0v) is 14.9. The van der Waals surface area contributed by atoms with Crippen molar-refractivity contribution >= 4 is 23.5 Å². The minimum atomic E-state index is -0.527. The second kappa shape index (κ2) is 6.38. The molecule has 134 valence electrons. The molecule has 0 bridgehead atoms. The molecule has 0 unspecified atom stereocenters. The predicted octanol–water partition coefficient (Wildman–Crippen LogP) is 1.01. The fraction of sp³-hybridized carbons (Fsp3) is 0.500. The molecule has 2 heterocycles. The number of para-hydroxylation sites is 1. The number of piperazine rings is 1. The fourth-order valence-electron chi connectivity index (χ4n) is 3.80. The number of nitrogens with zero attached hydrogens (tertiary/aromatic N) is 4. The molecule has 1 aromatic carbocycles. The van der Waals surface area contributed by atoms with Crippen LogP contribution >= 0.6 is 0 Å². The van der Waals surface area contributed by atoms with Crippen molar-refractivity contribution in [2.45, 2.75) is 18.9 Å². The molecule has 2 aliphatic rings. The first-order valence-electron chi connectivity index (χ1n) is 8.44. The molecule has 7 heteroatoms. The summed E-state index contributed by atoms with van der Waals surface area (Å²) in [4.78, 5) is 43.8. The Hall–Kier alpha value is -2.57. The first kappa shape index (κ1) is 17.3. The van der Waals surface area contributed by atoms with Crippen molar-refractivity contribution in [2.75, 3.05) is 45.2 Å². The van der Waals surface area contributed by atoms with Crippen LogP contribution in [0, 0.1) is 0 Å². The maximum absolute atomic E-state index is 12.6. The number of hydrogen-bond acceptors (Lipinski definition) is 3. The smallest absolute Gasteiger partial charge is 0.319 e. The van der Waals surface area contributed by atoms with Gasteiger partial charge in [-0.2, -0.15) is 0 Å². The lowest BCUT2D eigenvalue weighted by Gasteiger charge is -2.48. The van der Waals surface area contributed by atoms with Gasteiger partial charge in [0, 0.05) is 39.8 Å². The molecule has 0 aromatic heterocycles. The van der Waals surface area contributed by atoms with Gasteiger partial charge < -0.3 is 19.6 Å². The molecule has 25 heavy (non-hydrogen) atoms. The number of anilines is 1. The van der Waals surface area contributed by atoms with Crippen LogP contribution in [-0.2, 0) is 9.59 Å². The summed E-state index contributed by atoms with van der Waals surface area (Å²) in [5, 5.41) is 0. The molecule has 2 aliphatic heterocycles. The van der Waals surface area contributed by atoms with Crippen LogP contribution in [-0.4, -0.2) is 78.4 Å². The Morgan fingerprint density at radius 3 is 2.40 bits per heavy atom. The zero-order valence-electron chi connectivity index (χ0n) is 14.9. The molecule has 0 aliphatic carbocycles. The van der Waals surface area contributed by atoms with Gasteiger partial charge in [0.2, 0.25) is 11.8 Å². The first-order chi connectivity index (χ1) is 11.8. The summed E-state index contributed by atoms with van der Waals surface area (Å²) in [6, 6.07) is 9.41. The van der Waals surface area contributed by atoms with Gasteiger partial charge in [-0.15, -0.1) is 0 Å². The van der Waals surface area contributed by atoms with Crippen LogP contribution in [0.4, 0.5) is 10.5 Å². The van der Waals surface area contributed by atoms with E-state index >= 15 is 0 Å². The van der Waals surface area contributed by atoms with Crippen molar-refractivity contribution < 1.29 is 14.4 Å². The third kappa shape index (κ3) is 3.06. The van der Waals surface area contributed by atoms with Crippen molar-refractivity contribution in [3.8, 4) is 0 Å². The molecule has 0 saturated carbocycles. The molecule has 4 amide bonds. The molecule has 2 saturated heterocycles. The van der Waals surface area contributed by atoms with Gasteiger partial charge in [-0.1, -0.05) is 18.2 Å². The predicted molar refractivity (Wildman–Crippen MR) is 94.2 cm³/mol. The van der Waals surface area contributed by atoms with E-state index in [9.17, 15) is 14.4 Å². The molecular formula is C18H24N4O3. The Labute approximate surface area is 147 Å². The van der Waals surface area contributed by atoms with Crippen LogP contribution in [0.2, 0.25) is 0 Å². The number of benzene rings is 1. The molecule has 0 N–H and O–H groups in total. The minimum Gasteiger partial charge on any atom is -0.331 e. The molecule has 0 radical (unpaired) electrons. The topological polar surface area (TPSA) is 64.2 Å². The van der Waals surface area contributed by atoms with Crippen molar-refractivity contribution in [3.63, 3.8) is 0 Å². The number of hydrogen-bond donors (Lipinski definition) is 0. The molecular weight excluding hydrogens is 320 g/mol. The summed E-state index contributed by atoms with van der Waals surface area (Å²) in [5.41, 5.74) is 0.300. The third-order valence-corrected chi connectivity index (χ3v) is 5.05. The second-order valence-corrected chi connectivity index (χ2v) is 6.99. The van der Waals surface area contributed by atoms with Crippen LogP contribution in [0.3, 0.4) is 0 Å². The summed E-state index contributed by atoms with van der Waals surface area (Å²) >= 11 is 0. The van der Waals surface area contributed by atoms with Gasteiger partial charge in [-0.05, 0) is 18.6 Å². The average molecular weight is 344 g/mol. The highest BCUT2D eigenvalue weighted by atomic mass is 16.2. The summed E-state index contributed by atoms with van der Waals surface area (Å²) in [6.45, 7) is 2.97. The monoisotopic (exact) mass is 344 g/mol. The van der Waals surface area contributed by atoms with Gasteiger partial charge in [0.1, 0.15) is 6.54 Å².